The highest BCUT2D eigenvalue weighted by atomic mass is 16.8. The normalized spacial score (nSPS) is 9.46. The third-order valence-corrected chi connectivity index (χ3v) is 0.692. The molecule has 1 N–H and O–H groups in total. The van der Waals surface area contributed by atoms with Crippen LogP contribution < -0.4 is 0 Å². The number of rotatable bonds is 3. The molecule has 0 radical (unpaired) electrons. The zero-order chi connectivity index (χ0) is 11.0. The van der Waals surface area contributed by atoms with Gasteiger partial charge in [-0.3, -0.25) is 0 Å². The fourth-order valence-corrected chi connectivity index (χ4v) is 0.327. The van der Waals surface area contributed by atoms with Crippen LogP contribution in [0.3, 0.4) is 0 Å². The molecule has 0 atom stereocenters. The van der Waals surface area contributed by atoms with E-state index in [0.717, 1.165) is 0 Å². The molecule has 0 bridgehead atoms. The van der Waals surface area contributed by atoms with Crippen LogP contribution in [0.2, 0.25) is 0 Å². The number of carboxylic acid groups (broad SMARTS) is 1. The highest BCUT2D eigenvalue weighted by Crippen LogP contribution is 1.81. The van der Waals surface area contributed by atoms with Crippen molar-refractivity contribution in [2.45, 2.75) is 6.92 Å². The third-order valence-electron chi connectivity index (χ3n) is 0.692. The second-order valence-corrected chi connectivity index (χ2v) is 2.79. The topological polar surface area (TPSA) is 53.0 Å². The maximum atomic E-state index is 9.60. The van der Waals surface area contributed by atoms with Crippen LogP contribution in [-0.2, 0) is 9.73 Å². The molecule has 0 aromatic heterocycles. The minimum Gasteiger partial charge on any atom is -0.478 e. The van der Waals surface area contributed by atoms with Crippen LogP contribution in [-0.4, -0.2) is 49.4 Å². The van der Waals surface area contributed by atoms with Gasteiger partial charge >= 0.3 is 5.97 Å². The van der Waals surface area contributed by atoms with Gasteiger partial charge in [0.25, 0.3) is 0 Å². The zero-order valence-electron chi connectivity index (χ0n) is 8.87. The number of carboxylic acids is 1. The molecule has 5 nitrogen and oxygen atoms in total. The average Bonchev–Trinajstić information content (AvgIpc) is 1.84. The Labute approximate surface area is 79.1 Å². The van der Waals surface area contributed by atoms with Gasteiger partial charge in [-0.15, -0.1) is 0 Å². The summed E-state index contributed by atoms with van der Waals surface area (Å²) in [6, 6.07) is 0. The highest BCUT2D eigenvalue weighted by molar-refractivity contribution is 5.84. The molecule has 0 aliphatic rings. The Kier molecular flexibility index (Phi) is 8.68. The molecular weight excluding hydrogens is 172 g/mol. The number of nitrogens with zero attached hydrogens (tertiary/aromatic N) is 2. The van der Waals surface area contributed by atoms with Crippen LogP contribution in [0.4, 0.5) is 0 Å². The van der Waals surface area contributed by atoms with Crippen molar-refractivity contribution < 1.29 is 14.8 Å². The Morgan fingerprint density at radius 1 is 1.23 bits per heavy atom. The first-order valence-corrected chi connectivity index (χ1v) is 3.69. The summed E-state index contributed by atoms with van der Waals surface area (Å²) < 4.78 is 0. The Balaban J connectivity index is 0. The van der Waals surface area contributed by atoms with E-state index in [2.05, 4.69) is 6.58 Å². The number of hydroxylamine groups is 4. The lowest BCUT2D eigenvalue weighted by molar-refractivity contribution is -0.281. The molecule has 0 heterocycles. The lowest BCUT2D eigenvalue weighted by Crippen LogP contribution is -2.23. The van der Waals surface area contributed by atoms with Gasteiger partial charge in [-0.1, -0.05) is 6.58 Å². The van der Waals surface area contributed by atoms with Gasteiger partial charge in [0.1, 0.15) is 0 Å². The molecule has 0 saturated carbocycles. The van der Waals surface area contributed by atoms with Gasteiger partial charge < -0.3 is 5.11 Å². The molecule has 0 unspecified atom stereocenters. The second kappa shape index (κ2) is 7.72. The van der Waals surface area contributed by atoms with Crippen LogP contribution in [0.1, 0.15) is 6.92 Å². The van der Waals surface area contributed by atoms with Crippen molar-refractivity contribution >= 4 is 5.97 Å². The van der Waals surface area contributed by atoms with E-state index in [0.29, 0.717) is 0 Å². The maximum absolute atomic E-state index is 9.60. The molecule has 78 valence electrons. The molecule has 0 aromatic carbocycles. The van der Waals surface area contributed by atoms with E-state index in [4.69, 9.17) is 10.0 Å². The van der Waals surface area contributed by atoms with E-state index in [1.165, 1.54) is 6.92 Å². The SMILES string of the molecule is C=C(C)C(=O)O.CN(C)ON(C)C. The molecular formula is C8H18N2O3. The Bertz CT molecular complexity index is 149. The standard InChI is InChI=1S/C4H12N2O.C4H6O2/c1-5(2)7-6(3)4;1-3(2)4(5)6/h1-4H3;1H2,2H3,(H,5,6). The lowest BCUT2D eigenvalue weighted by Gasteiger charge is -2.14. The van der Waals surface area contributed by atoms with Crippen LogP contribution >= 0.6 is 0 Å². The summed E-state index contributed by atoms with van der Waals surface area (Å²) in [5.41, 5.74) is 0.176. The predicted molar refractivity (Wildman–Crippen MR) is 50.9 cm³/mol. The van der Waals surface area contributed by atoms with E-state index >= 15 is 0 Å². The average molecular weight is 190 g/mol. The van der Waals surface area contributed by atoms with E-state index < -0.39 is 5.97 Å². The molecule has 0 spiro atoms. The Morgan fingerprint density at radius 3 is 1.46 bits per heavy atom. The van der Waals surface area contributed by atoms with E-state index in [1.807, 2.05) is 28.2 Å². The zero-order valence-corrected chi connectivity index (χ0v) is 8.87. The Hall–Kier alpha value is -0.910. The van der Waals surface area contributed by atoms with Crippen molar-refractivity contribution in [2.24, 2.45) is 0 Å². The predicted octanol–water partition coefficient (Wildman–Crippen LogP) is 0.603. The molecule has 0 amide bonds. The van der Waals surface area contributed by atoms with Crippen LogP contribution in [0.15, 0.2) is 12.2 Å². The van der Waals surface area contributed by atoms with Crippen molar-refractivity contribution in [3.8, 4) is 0 Å². The fraction of sp³-hybridized carbons (Fsp3) is 0.625. The summed E-state index contributed by atoms with van der Waals surface area (Å²) in [5, 5.41) is 11.1. The van der Waals surface area contributed by atoms with E-state index in [1.54, 1.807) is 10.1 Å². The first-order valence-electron chi connectivity index (χ1n) is 3.69. The number of hydrogen-bond donors (Lipinski definition) is 1. The highest BCUT2D eigenvalue weighted by Gasteiger charge is 1.90. The van der Waals surface area contributed by atoms with Crippen LogP contribution in [0.5, 0.6) is 0 Å². The number of hydrogen-bond acceptors (Lipinski definition) is 4. The summed E-state index contributed by atoms with van der Waals surface area (Å²) in [4.78, 5) is 14.5. The van der Waals surface area contributed by atoms with Crippen molar-refractivity contribution in [1.82, 2.24) is 10.1 Å². The Morgan fingerprint density at radius 2 is 1.46 bits per heavy atom. The van der Waals surface area contributed by atoms with Crippen LogP contribution in [0, 0.1) is 0 Å². The molecule has 13 heavy (non-hydrogen) atoms. The minimum absolute atomic E-state index is 0.176. The summed E-state index contributed by atoms with van der Waals surface area (Å²) >= 11 is 0. The first kappa shape index (κ1) is 14.6. The fourth-order valence-electron chi connectivity index (χ4n) is 0.327. The van der Waals surface area contributed by atoms with Gasteiger partial charge in [0.2, 0.25) is 0 Å². The smallest absolute Gasteiger partial charge is 0.330 e. The number of aliphatic carboxylic acids is 1. The number of carbonyl (C=O) groups is 1. The van der Waals surface area contributed by atoms with Crippen molar-refractivity contribution in [3.05, 3.63) is 12.2 Å². The summed E-state index contributed by atoms with van der Waals surface area (Å²) in [5.74, 6) is -0.935. The molecule has 0 saturated heterocycles. The van der Waals surface area contributed by atoms with E-state index in [9.17, 15) is 4.79 Å². The molecule has 5 heteroatoms. The minimum atomic E-state index is -0.935. The van der Waals surface area contributed by atoms with Crippen molar-refractivity contribution in [2.75, 3.05) is 28.2 Å². The maximum Gasteiger partial charge on any atom is 0.330 e. The molecule has 0 rings (SSSR count). The van der Waals surface area contributed by atoms with Gasteiger partial charge in [-0.2, -0.15) is 10.1 Å². The summed E-state index contributed by atoms with van der Waals surface area (Å²) in [6.45, 7) is 4.60. The lowest BCUT2D eigenvalue weighted by atomic mass is 10.4. The monoisotopic (exact) mass is 190 g/mol. The van der Waals surface area contributed by atoms with Gasteiger partial charge in [-0.05, 0) is 6.92 Å². The van der Waals surface area contributed by atoms with Crippen LogP contribution in [0.25, 0.3) is 0 Å². The van der Waals surface area contributed by atoms with E-state index in [-0.39, 0.29) is 5.57 Å². The molecule has 0 fully saturated rings. The summed E-state index contributed by atoms with van der Waals surface area (Å²) in [7, 11) is 7.33. The van der Waals surface area contributed by atoms with Gasteiger partial charge in [0.15, 0.2) is 0 Å². The quantitative estimate of drug-likeness (QED) is 0.522. The van der Waals surface area contributed by atoms with Crippen molar-refractivity contribution in [3.63, 3.8) is 0 Å². The second-order valence-electron chi connectivity index (χ2n) is 2.79. The largest absolute Gasteiger partial charge is 0.478 e. The van der Waals surface area contributed by atoms with Crippen molar-refractivity contribution in [1.29, 1.82) is 0 Å². The third kappa shape index (κ3) is 18.2. The molecule has 0 aliphatic heterocycles. The van der Waals surface area contributed by atoms with Gasteiger partial charge in [0.05, 0.1) is 0 Å². The first-order chi connectivity index (χ1) is 5.77. The van der Waals surface area contributed by atoms with Gasteiger partial charge in [-0.25, -0.2) is 9.73 Å². The molecule has 0 aliphatic carbocycles. The summed E-state index contributed by atoms with van der Waals surface area (Å²) in [6.07, 6.45) is 0. The molecule has 0 aromatic rings. The van der Waals surface area contributed by atoms with Gasteiger partial charge in [0, 0.05) is 33.8 Å².